The fraction of sp³-hybridized carbons (Fsp3) is 0.667. The van der Waals surface area contributed by atoms with Crippen molar-refractivity contribution >= 4 is 11.6 Å². The number of halogens is 2. The van der Waals surface area contributed by atoms with Crippen LogP contribution in [-0.4, -0.2) is 21.7 Å². The average Bonchev–Trinajstić information content (AvgIpc) is 2.58. The van der Waals surface area contributed by atoms with E-state index >= 15 is 0 Å². The molecule has 0 aliphatic heterocycles. The number of alkyl halides is 2. The van der Waals surface area contributed by atoms with Crippen molar-refractivity contribution in [3.8, 4) is 0 Å². The highest BCUT2D eigenvalue weighted by molar-refractivity contribution is 5.91. The quantitative estimate of drug-likeness (QED) is 0.834. The highest BCUT2D eigenvalue weighted by Crippen LogP contribution is 2.26. The van der Waals surface area contributed by atoms with E-state index in [1.54, 1.807) is 6.92 Å². The van der Waals surface area contributed by atoms with Crippen LogP contribution in [0.15, 0.2) is 6.20 Å². The number of hydrogen-bond acceptors (Lipinski definition) is 3. The first kappa shape index (κ1) is 15.6. The van der Waals surface area contributed by atoms with E-state index in [2.05, 4.69) is 10.4 Å². The van der Waals surface area contributed by atoms with Crippen molar-refractivity contribution in [3.63, 3.8) is 0 Å². The molecule has 1 heterocycles. The van der Waals surface area contributed by atoms with Crippen LogP contribution in [0, 0.1) is 5.92 Å². The molecule has 5 nitrogen and oxygen atoms in total. The van der Waals surface area contributed by atoms with Crippen LogP contribution in [0.2, 0.25) is 0 Å². The van der Waals surface area contributed by atoms with Crippen LogP contribution in [0.5, 0.6) is 0 Å². The molecule has 3 N–H and O–H groups in total. The fourth-order valence-corrected chi connectivity index (χ4v) is 1.66. The Labute approximate surface area is 111 Å². The van der Waals surface area contributed by atoms with Gasteiger partial charge in [-0.15, -0.1) is 0 Å². The first-order valence-electron chi connectivity index (χ1n) is 6.20. The summed E-state index contributed by atoms with van der Waals surface area (Å²) in [5.41, 5.74) is 5.14. The van der Waals surface area contributed by atoms with Gasteiger partial charge in [0.1, 0.15) is 0 Å². The third kappa shape index (κ3) is 4.94. The van der Waals surface area contributed by atoms with E-state index < -0.39 is 12.1 Å². The predicted octanol–water partition coefficient (Wildman–Crippen LogP) is 2.15. The van der Waals surface area contributed by atoms with Gasteiger partial charge in [0.25, 0.3) is 6.43 Å². The summed E-state index contributed by atoms with van der Waals surface area (Å²) in [5, 5.41) is 6.24. The average molecular weight is 274 g/mol. The summed E-state index contributed by atoms with van der Waals surface area (Å²) in [6.07, 6.45) is -1.21. The predicted molar refractivity (Wildman–Crippen MR) is 68.9 cm³/mol. The summed E-state index contributed by atoms with van der Waals surface area (Å²) >= 11 is 0. The SMILES string of the molecule is CC(C)Cn1cc(NC(=O)CC(C)N)c(C(F)F)n1. The third-order valence-corrected chi connectivity index (χ3v) is 2.33. The first-order chi connectivity index (χ1) is 8.79. The maximum Gasteiger partial charge on any atom is 0.284 e. The molecule has 0 saturated carbocycles. The van der Waals surface area contributed by atoms with Gasteiger partial charge in [0.2, 0.25) is 5.91 Å². The van der Waals surface area contributed by atoms with Crippen LogP contribution < -0.4 is 11.1 Å². The number of aromatic nitrogens is 2. The van der Waals surface area contributed by atoms with E-state index in [1.165, 1.54) is 10.9 Å². The number of carbonyl (C=O) groups is 1. The molecule has 108 valence electrons. The summed E-state index contributed by atoms with van der Waals surface area (Å²) in [6, 6.07) is -0.319. The number of hydrogen-bond donors (Lipinski definition) is 2. The lowest BCUT2D eigenvalue weighted by molar-refractivity contribution is -0.116. The van der Waals surface area contributed by atoms with Crippen molar-refractivity contribution in [2.24, 2.45) is 11.7 Å². The van der Waals surface area contributed by atoms with Gasteiger partial charge in [-0.1, -0.05) is 13.8 Å². The second kappa shape index (κ2) is 6.60. The number of nitrogens with one attached hydrogen (secondary N) is 1. The largest absolute Gasteiger partial charge is 0.327 e. The van der Waals surface area contributed by atoms with Gasteiger partial charge in [0, 0.05) is 25.2 Å². The Morgan fingerprint density at radius 2 is 2.11 bits per heavy atom. The standard InChI is InChI=1S/C12H20F2N4O/c1-7(2)5-18-6-9(11(17-18)12(13)14)16-10(19)4-8(3)15/h6-8,12H,4-5,15H2,1-3H3,(H,16,19). The first-order valence-corrected chi connectivity index (χ1v) is 6.20. The molecule has 0 fully saturated rings. The Bertz CT molecular complexity index is 429. The Morgan fingerprint density at radius 3 is 2.58 bits per heavy atom. The van der Waals surface area contributed by atoms with Crippen LogP contribution in [0.4, 0.5) is 14.5 Å². The number of carbonyl (C=O) groups excluding carboxylic acids is 1. The molecule has 7 heteroatoms. The summed E-state index contributed by atoms with van der Waals surface area (Å²) in [5.74, 6) is -0.112. The number of anilines is 1. The molecule has 0 bridgehead atoms. The molecule has 0 saturated heterocycles. The minimum absolute atomic E-state index is 0.0568. The maximum absolute atomic E-state index is 12.8. The van der Waals surface area contributed by atoms with E-state index in [4.69, 9.17) is 5.73 Å². The summed E-state index contributed by atoms with van der Waals surface area (Å²) in [4.78, 5) is 11.6. The normalized spacial score (nSPS) is 13.1. The van der Waals surface area contributed by atoms with Crippen LogP contribution in [0.3, 0.4) is 0 Å². The molecule has 1 rings (SSSR count). The molecule has 0 aromatic carbocycles. The highest BCUT2D eigenvalue weighted by Gasteiger charge is 2.20. The molecular formula is C12H20F2N4O. The molecule has 0 radical (unpaired) electrons. The summed E-state index contributed by atoms with van der Waals surface area (Å²) in [7, 11) is 0. The smallest absolute Gasteiger partial charge is 0.284 e. The highest BCUT2D eigenvalue weighted by atomic mass is 19.3. The van der Waals surface area contributed by atoms with Crippen molar-refractivity contribution in [1.82, 2.24) is 9.78 Å². The number of nitrogens with zero attached hydrogens (tertiary/aromatic N) is 2. The third-order valence-electron chi connectivity index (χ3n) is 2.33. The van der Waals surface area contributed by atoms with Gasteiger partial charge in [0.15, 0.2) is 5.69 Å². The number of rotatable bonds is 6. The summed E-state index contributed by atoms with van der Waals surface area (Å²) in [6.45, 7) is 6.11. The molecule has 1 aromatic rings. The molecule has 1 atom stereocenters. The molecule has 0 spiro atoms. The zero-order valence-electron chi connectivity index (χ0n) is 11.4. The van der Waals surface area contributed by atoms with Crippen molar-refractivity contribution in [2.75, 3.05) is 5.32 Å². The topological polar surface area (TPSA) is 72.9 Å². The Morgan fingerprint density at radius 1 is 1.47 bits per heavy atom. The number of nitrogens with two attached hydrogens (primary N) is 1. The summed E-state index contributed by atoms with van der Waals surface area (Å²) < 4.78 is 27.1. The second-order valence-corrected chi connectivity index (χ2v) is 5.07. The minimum atomic E-state index is -2.72. The Hall–Kier alpha value is -1.50. The molecule has 1 unspecified atom stereocenters. The number of amides is 1. The van der Waals surface area contributed by atoms with Gasteiger partial charge in [0.05, 0.1) is 5.69 Å². The lowest BCUT2D eigenvalue weighted by Gasteiger charge is -2.06. The van der Waals surface area contributed by atoms with Crippen LogP contribution in [0.1, 0.15) is 39.3 Å². The molecule has 1 amide bonds. The second-order valence-electron chi connectivity index (χ2n) is 5.07. The van der Waals surface area contributed by atoms with Gasteiger partial charge >= 0.3 is 0 Å². The van der Waals surface area contributed by atoms with Crippen molar-refractivity contribution < 1.29 is 13.6 Å². The van der Waals surface area contributed by atoms with Crippen molar-refractivity contribution in [2.45, 2.75) is 46.2 Å². The van der Waals surface area contributed by atoms with Crippen molar-refractivity contribution in [1.29, 1.82) is 0 Å². The fourth-order valence-electron chi connectivity index (χ4n) is 1.66. The lowest BCUT2D eigenvalue weighted by Crippen LogP contribution is -2.24. The lowest BCUT2D eigenvalue weighted by atomic mass is 10.2. The van der Waals surface area contributed by atoms with E-state index in [1.807, 2.05) is 13.8 Å². The zero-order chi connectivity index (χ0) is 14.6. The van der Waals surface area contributed by atoms with Crippen LogP contribution in [0.25, 0.3) is 0 Å². The van der Waals surface area contributed by atoms with Crippen LogP contribution in [-0.2, 0) is 11.3 Å². The molecule has 19 heavy (non-hydrogen) atoms. The zero-order valence-corrected chi connectivity index (χ0v) is 11.4. The van der Waals surface area contributed by atoms with Gasteiger partial charge in [-0.25, -0.2) is 8.78 Å². The van der Waals surface area contributed by atoms with E-state index in [9.17, 15) is 13.6 Å². The van der Waals surface area contributed by atoms with E-state index in [0.717, 1.165) is 0 Å². The Kier molecular flexibility index (Phi) is 5.41. The molecule has 1 aromatic heterocycles. The van der Waals surface area contributed by atoms with Crippen LogP contribution >= 0.6 is 0 Å². The molecule has 0 aliphatic carbocycles. The Balaban J connectivity index is 2.85. The van der Waals surface area contributed by atoms with Gasteiger partial charge in [-0.2, -0.15) is 5.10 Å². The molecular weight excluding hydrogens is 254 g/mol. The van der Waals surface area contributed by atoms with Gasteiger partial charge < -0.3 is 11.1 Å². The van der Waals surface area contributed by atoms with Gasteiger partial charge in [-0.3, -0.25) is 9.48 Å². The van der Waals surface area contributed by atoms with E-state index in [0.29, 0.717) is 6.54 Å². The van der Waals surface area contributed by atoms with Gasteiger partial charge in [-0.05, 0) is 12.8 Å². The molecule has 0 aliphatic rings. The monoisotopic (exact) mass is 274 g/mol. The van der Waals surface area contributed by atoms with Crippen molar-refractivity contribution in [3.05, 3.63) is 11.9 Å². The maximum atomic E-state index is 12.8. The van der Waals surface area contributed by atoms with E-state index in [-0.39, 0.29) is 30.0 Å². The minimum Gasteiger partial charge on any atom is -0.327 e.